The second kappa shape index (κ2) is 7.70. The lowest BCUT2D eigenvalue weighted by molar-refractivity contribution is -0.143. The molecule has 4 rings (SSSR count). The number of aliphatic carboxylic acids is 1. The molecule has 1 aliphatic rings. The lowest BCUT2D eigenvalue weighted by atomic mass is 9.78. The number of carboxylic acids is 1. The summed E-state index contributed by atoms with van der Waals surface area (Å²) in [4.78, 5) is 11.5. The fraction of sp³-hybridized carbons (Fsp3) is 0.227. The van der Waals surface area contributed by atoms with Crippen molar-refractivity contribution >= 4 is 29.1 Å². The minimum atomic E-state index is -1.20. The summed E-state index contributed by atoms with van der Waals surface area (Å²) in [7, 11) is 1.64. The number of fused-ring (bicyclic) bond motifs is 2. The number of rotatable bonds is 4. The Morgan fingerprint density at radius 1 is 0.964 bits per heavy atom. The molecule has 0 bridgehead atoms. The van der Waals surface area contributed by atoms with Crippen LogP contribution in [0.25, 0.3) is 10.8 Å². The van der Waals surface area contributed by atoms with Crippen molar-refractivity contribution in [1.29, 1.82) is 0 Å². The Morgan fingerprint density at radius 3 is 2.32 bits per heavy atom. The molecule has 0 spiro atoms. The predicted octanol–water partition coefficient (Wildman–Crippen LogP) is 4.33. The van der Waals surface area contributed by atoms with E-state index in [0.717, 1.165) is 27.6 Å². The molecule has 3 N–H and O–H groups in total. The highest BCUT2D eigenvalue weighted by Crippen LogP contribution is 2.33. The van der Waals surface area contributed by atoms with Gasteiger partial charge in [0.25, 0.3) is 0 Å². The highest BCUT2D eigenvalue weighted by Gasteiger charge is 2.37. The van der Waals surface area contributed by atoms with Gasteiger partial charge in [-0.15, -0.1) is 12.4 Å². The first-order valence-electron chi connectivity index (χ1n) is 8.87. The number of hydrogen-bond donors (Lipinski definition) is 2. The minimum absolute atomic E-state index is 0. The molecule has 3 aromatic rings. The van der Waals surface area contributed by atoms with Crippen LogP contribution in [0.1, 0.15) is 17.5 Å². The van der Waals surface area contributed by atoms with Crippen molar-refractivity contribution in [2.45, 2.75) is 24.8 Å². The first-order valence-corrected chi connectivity index (χ1v) is 8.87. The van der Waals surface area contributed by atoms with Crippen molar-refractivity contribution in [3.8, 4) is 17.2 Å². The maximum absolute atomic E-state index is 11.5. The molecule has 0 fully saturated rings. The topological polar surface area (TPSA) is 81.8 Å². The molecule has 5 nitrogen and oxygen atoms in total. The van der Waals surface area contributed by atoms with E-state index < -0.39 is 11.5 Å². The summed E-state index contributed by atoms with van der Waals surface area (Å²) >= 11 is 0. The van der Waals surface area contributed by atoms with Crippen LogP contribution in [-0.2, 0) is 17.6 Å². The maximum atomic E-state index is 11.5. The fourth-order valence-corrected chi connectivity index (χ4v) is 3.57. The van der Waals surface area contributed by atoms with Gasteiger partial charge in [-0.1, -0.05) is 18.2 Å². The van der Waals surface area contributed by atoms with E-state index in [2.05, 4.69) is 0 Å². The molecule has 0 heterocycles. The quantitative estimate of drug-likeness (QED) is 0.682. The summed E-state index contributed by atoms with van der Waals surface area (Å²) in [6.07, 6.45) is 1.42. The van der Waals surface area contributed by atoms with E-state index in [1.807, 2.05) is 54.6 Å². The van der Waals surface area contributed by atoms with Crippen LogP contribution in [0.3, 0.4) is 0 Å². The van der Waals surface area contributed by atoms with Crippen molar-refractivity contribution in [2.24, 2.45) is 5.73 Å². The minimum Gasteiger partial charge on any atom is -0.497 e. The van der Waals surface area contributed by atoms with Gasteiger partial charge >= 0.3 is 5.97 Å². The fourth-order valence-electron chi connectivity index (χ4n) is 3.57. The predicted molar refractivity (Wildman–Crippen MR) is 111 cm³/mol. The van der Waals surface area contributed by atoms with Gasteiger partial charge in [0.05, 0.1) is 7.11 Å². The summed E-state index contributed by atoms with van der Waals surface area (Å²) < 4.78 is 11.3. The molecule has 1 aliphatic carbocycles. The normalized spacial score (nSPS) is 18.1. The van der Waals surface area contributed by atoms with Crippen molar-refractivity contribution in [3.63, 3.8) is 0 Å². The van der Waals surface area contributed by atoms with Gasteiger partial charge in [0, 0.05) is 6.42 Å². The molecule has 0 saturated heterocycles. The number of methoxy groups -OCH3 is 1. The molecule has 0 aliphatic heterocycles. The number of hydrogen-bond acceptors (Lipinski definition) is 4. The number of halogens is 1. The molecule has 0 saturated carbocycles. The average molecular weight is 400 g/mol. The standard InChI is InChI=1S/C22H21NO4.ClH/c1-26-18-5-2-14-3-6-19(11-16(14)10-18)27-20-7-4-15-8-9-22(23,21(24)25)13-17(15)12-20;/h2-7,10-12H,8-9,13,23H2,1H3,(H,24,25);1H. The van der Waals surface area contributed by atoms with E-state index >= 15 is 0 Å². The molecule has 1 unspecified atom stereocenters. The molecule has 0 amide bonds. The molecule has 146 valence electrons. The van der Waals surface area contributed by atoms with Crippen molar-refractivity contribution in [2.75, 3.05) is 7.11 Å². The summed E-state index contributed by atoms with van der Waals surface area (Å²) in [6, 6.07) is 17.6. The van der Waals surface area contributed by atoms with Crippen LogP contribution in [0.5, 0.6) is 17.2 Å². The Morgan fingerprint density at radius 2 is 1.61 bits per heavy atom. The summed E-state index contributed by atoms with van der Waals surface area (Å²) in [6.45, 7) is 0. The largest absolute Gasteiger partial charge is 0.497 e. The Hall–Kier alpha value is -2.76. The highest BCUT2D eigenvalue weighted by molar-refractivity contribution is 5.86. The van der Waals surface area contributed by atoms with E-state index in [-0.39, 0.29) is 12.4 Å². The van der Waals surface area contributed by atoms with Crippen molar-refractivity contribution in [1.82, 2.24) is 0 Å². The number of carbonyl (C=O) groups is 1. The number of benzene rings is 3. The summed E-state index contributed by atoms with van der Waals surface area (Å²) in [5, 5.41) is 11.5. The van der Waals surface area contributed by atoms with E-state index in [1.165, 1.54) is 0 Å². The number of aryl methyl sites for hydroxylation is 1. The van der Waals surface area contributed by atoms with Crippen LogP contribution in [0.15, 0.2) is 54.6 Å². The Balaban J connectivity index is 0.00000225. The third-order valence-electron chi connectivity index (χ3n) is 5.20. The molecule has 28 heavy (non-hydrogen) atoms. The monoisotopic (exact) mass is 399 g/mol. The van der Waals surface area contributed by atoms with Gasteiger partial charge in [-0.05, 0) is 71.1 Å². The SMILES string of the molecule is COc1ccc2ccc(Oc3ccc4c(c3)CC(N)(C(=O)O)CC4)cc2c1.Cl. The molecular weight excluding hydrogens is 378 g/mol. The third kappa shape index (κ3) is 3.77. The molecule has 1 atom stereocenters. The molecule has 0 aromatic heterocycles. The van der Waals surface area contributed by atoms with Crippen LogP contribution >= 0.6 is 12.4 Å². The highest BCUT2D eigenvalue weighted by atomic mass is 35.5. The van der Waals surface area contributed by atoms with Crippen LogP contribution in [-0.4, -0.2) is 23.7 Å². The zero-order valence-electron chi connectivity index (χ0n) is 15.5. The third-order valence-corrected chi connectivity index (χ3v) is 5.20. The summed E-state index contributed by atoms with van der Waals surface area (Å²) in [5.41, 5.74) is 6.92. The number of carboxylic acid groups (broad SMARTS) is 1. The van der Waals surface area contributed by atoms with Gasteiger partial charge in [0.1, 0.15) is 22.8 Å². The van der Waals surface area contributed by atoms with Crippen LogP contribution in [0.4, 0.5) is 0 Å². The average Bonchev–Trinajstić information content (AvgIpc) is 2.67. The van der Waals surface area contributed by atoms with E-state index in [4.69, 9.17) is 15.2 Å². The lowest BCUT2D eigenvalue weighted by Gasteiger charge is -2.31. The van der Waals surface area contributed by atoms with Crippen molar-refractivity contribution in [3.05, 3.63) is 65.7 Å². The number of ether oxygens (including phenoxy) is 2. The van der Waals surface area contributed by atoms with E-state index in [0.29, 0.717) is 30.8 Å². The Labute approximate surface area is 169 Å². The maximum Gasteiger partial charge on any atom is 0.324 e. The van der Waals surface area contributed by atoms with Crippen molar-refractivity contribution < 1.29 is 19.4 Å². The molecule has 6 heteroatoms. The molecule has 3 aromatic carbocycles. The van der Waals surface area contributed by atoms with Gasteiger partial charge in [0.15, 0.2) is 0 Å². The van der Waals surface area contributed by atoms with Crippen LogP contribution in [0.2, 0.25) is 0 Å². The zero-order valence-corrected chi connectivity index (χ0v) is 16.3. The Bertz CT molecular complexity index is 1040. The first-order chi connectivity index (χ1) is 13.0. The van der Waals surface area contributed by atoms with Gasteiger partial charge in [-0.3, -0.25) is 4.79 Å². The second-order valence-corrected chi connectivity index (χ2v) is 7.05. The first kappa shape index (κ1) is 20.0. The van der Waals surface area contributed by atoms with E-state index in [9.17, 15) is 9.90 Å². The molecule has 0 radical (unpaired) electrons. The smallest absolute Gasteiger partial charge is 0.324 e. The van der Waals surface area contributed by atoms with Gasteiger partial charge in [-0.2, -0.15) is 0 Å². The molecular formula is C22H22ClNO4. The van der Waals surface area contributed by atoms with Gasteiger partial charge in [-0.25, -0.2) is 0 Å². The second-order valence-electron chi connectivity index (χ2n) is 7.05. The van der Waals surface area contributed by atoms with Gasteiger partial charge in [0.2, 0.25) is 0 Å². The van der Waals surface area contributed by atoms with Crippen LogP contribution < -0.4 is 15.2 Å². The summed E-state index contributed by atoms with van der Waals surface area (Å²) in [5.74, 6) is 1.22. The van der Waals surface area contributed by atoms with Crippen LogP contribution in [0, 0.1) is 0 Å². The number of nitrogens with two attached hydrogens (primary N) is 1. The van der Waals surface area contributed by atoms with Gasteiger partial charge < -0.3 is 20.3 Å². The Kier molecular flexibility index (Phi) is 5.49. The zero-order chi connectivity index (χ0) is 19.0. The van der Waals surface area contributed by atoms with E-state index in [1.54, 1.807) is 7.11 Å². The lowest BCUT2D eigenvalue weighted by Crippen LogP contribution is -2.52.